The van der Waals surface area contributed by atoms with Gasteiger partial charge in [0.05, 0.1) is 0 Å². The maximum atomic E-state index is 12.4. The van der Waals surface area contributed by atoms with Crippen LogP contribution in [-0.4, -0.2) is 16.6 Å². The van der Waals surface area contributed by atoms with Crippen LogP contribution in [0.5, 0.6) is 0 Å². The Balaban J connectivity index is 1.18. The van der Waals surface area contributed by atoms with Crippen molar-refractivity contribution < 1.29 is 9.21 Å². The van der Waals surface area contributed by atoms with Gasteiger partial charge in [0.2, 0.25) is 5.91 Å². The van der Waals surface area contributed by atoms with E-state index in [1.165, 1.54) is 44.6 Å². The Morgan fingerprint density at radius 2 is 1.65 bits per heavy atom. The highest BCUT2D eigenvalue weighted by molar-refractivity contribution is 7.80. The molecule has 4 fully saturated rings. The fraction of sp³-hybridized carbons (Fsp3) is 0.417. The van der Waals surface area contributed by atoms with Crippen molar-refractivity contribution in [2.45, 2.75) is 44.1 Å². The minimum Gasteiger partial charge on any atom is -0.457 e. The van der Waals surface area contributed by atoms with Gasteiger partial charge in [-0.05, 0) is 105 Å². The van der Waals surface area contributed by atoms with Crippen molar-refractivity contribution in [2.24, 2.45) is 17.8 Å². The second-order valence-electron chi connectivity index (χ2n) is 9.33. The number of thiocarbonyl (C=S) groups is 1. The Kier molecular flexibility index (Phi) is 5.61. The maximum Gasteiger partial charge on any atom is 0.250 e. The van der Waals surface area contributed by atoms with Gasteiger partial charge >= 0.3 is 0 Å². The topological polar surface area (TPSA) is 54.3 Å². The summed E-state index contributed by atoms with van der Waals surface area (Å²) in [6.07, 6.45) is 10.7. The Labute approximate surface area is 197 Å². The lowest BCUT2D eigenvalue weighted by Gasteiger charge is -2.57. The molecule has 1 aromatic carbocycles. The van der Waals surface area contributed by atoms with Crippen LogP contribution < -0.4 is 10.6 Å². The number of hydrogen-bond acceptors (Lipinski definition) is 3. The summed E-state index contributed by atoms with van der Waals surface area (Å²) in [5, 5.41) is 7.80. The fourth-order valence-corrected chi connectivity index (χ4v) is 6.98. The third-order valence-corrected chi connectivity index (χ3v) is 7.47. The van der Waals surface area contributed by atoms with Crippen LogP contribution in [0.4, 0.5) is 0 Å². The largest absolute Gasteiger partial charge is 0.457 e. The van der Waals surface area contributed by atoms with Gasteiger partial charge in [-0.25, -0.2) is 0 Å². The highest BCUT2D eigenvalue weighted by atomic mass is 35.5. The number of halogens is 2. The number of carbonyl (C=O) groups excluding carboxylic acids is 1. The number of carbonyl (C=O) groups is 1. The van der Waals surface area contributed by atoms with E-state index in [4.69, 9.17) is 39.8 Å². The predicted octanol–water partition coefficient (Wildman–Crippen LogP) is 6.23. The standard InChI is InChI=1S/C24H24Cl2N2O2S/c25-18-8-17(9-19(26)10-18)21-3-1-20(30-21)2-4-22(29)27-23(31)28-24-11-14-5-15(12-24)7-16(6-14)13-24/h1-4,8-10,14-16H,5-7,11-13H2,(H2,27,28,29,31)/b4-2+. The van der Waals surface area contributed by atoms with Crippen molar-refractivity contribution in [1.82, 2.24) is 10.6 Å². The van der Waals surface area contributed by atoms with Gasteiger partial charge in [0, 0.05) is 27.2 Å². The van der Waals surface area contributed by atoms with Gasteiger partial charge in [-0.15, -0.1) is 0 Å². The molecule has 7 heteroatoms. The average Bonchev–Trinajstić information content (AvgIpc) is 3.13. The lowest BCUT2D eigenvalue weighted by Crippen LogP contribution is -2.61. The van der Waals surface area contributed by atoms with E-state index in [1.54, 1.807) is 30.3 Å². The smallest absolute Gasteiger partial charge is 0.250 e. The summed E-state index contributed by atoms with van der Waals surface area (Å²) >= 11 is 17.6. The molecule has 4 aliphatic carbocycles. The summed E-state index contributed by atoms with van der Waals surface area (Å²) < 4.78 is 5.79. The third-order valence-electron chi connectivity index (χ3n) is 6.83. The Morgan fingerprint density at radius 1 is 1.03 bits per heavy atom. The normalized spacial score (nSPS) is 28.8. The van der Waals surface area contributed by atoms with Crippen LogP contribution in [0, 0.1) is 17.8 Å². The molecule has 162 valence electrons. The molecule has 0 aliphatic heterocycles. The Bertz CT molecular complexity index is 1010. The average molecular weight is 475 g/mol. The highest BCUT2D eigenvalue weighted by Gasteiger charge is 2.51. The van der Waals surface area contributed by atoms with Crippen LogP contribution >= 0.6 is 35.4 Å². The van der Waals surface area contributed by atoms with Crippen LogP contribution in [0.1, 0.15) is 44.3 Å². The van der Waals surface area contributed by atoms with Crippen molar-refractivity contribution in [3.63, 3.8) is 0 Å². The van der Waals surface area contributed by atoms with E-state index < -0.39 is 0 Å². The summed E-state index contributed by atoms with van der Waals surface area (Å²) in [6.45, 7) is 0. The number of amides is 1. The molecule has 1 aromatic heterocycles. The molecule has 0 unspecified atom stereocenters. The van der Waals surface area contributed by atoms with Gasteiger partial charge in [0.25, 0.3) is 0 Å². The second kappa shape index (κ2) is 8.27. The minimum absolute atomic E-state index is 0.0803. The number of nitrogens with one attached hydrogen (secondary N) is 2. The van der Waals surface area contributed by atoms with E-state index in [2.05, 4.69) is 10.6 Å². The molecule has 31 heavy (non-hydrogen) atoms. The van der Waals surface area contributed by atoms with Gasteiger partial charge in [0.15, 0.2) is 5.11 Å². The van der Waals surface area contributed by atoms with Crippen LogP contribution in [0.15, 0.2) is 40.8 Å². The van der Waals surface area contributed by atoms with Crippen LogP contribution in [0.25, 0.3) is 17.4 Å². The zero-order valence-corrected chi connectivity index (χ0v) is 19.3. The van der Waals surface area contributed by atoms with E-state index in [9.17, 15) is 4.79 Å². The summed E-state index contributed by atoms with van der Waals surface area (Å²) in [5.41, 5.74) is 0.860. The summed E-state index contributed by atoms with van der Waals surface area (Å²) in [6, 6.07) is 8.84. The molecule has 0 saturated heterocycles. The quantitative estimate of drug-likeness (QED) is 0.407. The molecular weight excluding hydrogens is 451 g/mol. The first-order chi connectivity index (χ1) is 14.9. The van der Waals surface area contributed by atoms with Crippen molar-refractivity contribution in [1.29, 1.82) is 0 Å². The van der Waals surface area contributed by atoms with Gasteiger partial charge < -0.3 is 9.73 Å². The van der Waals surface area contributed by atoms with Gasteiger partial charge in [-0.3, -0.25) is 10.1 Å². The molecular formula is C24H24Cl2N2O2S. The molecule has 4 nitrogen and oxygen atoms in total. The Hall–Kier alpha value is -1.82. The molecule has 4 bridgehead atoms. The first-order valence-corrected chi connectivity index (χ1v) is 11.9. The lowest BCUT2D eigenvalue weighted by molar-refractivity contribution is -0.115. The van der Waals surface area contributed by atoms with Gasteiger partial charge in [-0.1, -0.05) is 23.2 Å². The highest BCUT2D eigenvalue weighted by Crippen LogP contribution is 2.55. The number of hydrogen-bond donors (Lipinski definition) is 2. The monoisotopic (exact) mass is 474 g/mol. The first-order valence-electron chi connectivity index (χ1n) is 10.7. The summed E-state index contributed by atoms with van der Waals surface area (Å²) in [7, 11) is 0. The molecule has 6 rings (SSSR count). The van der Waals surface area contributed by atoms with Crippen LogP contribution in [0.3, 0.4) is 0 Å². The second-order valence-corrected chi connectivity index (χ2v) is 10.6. The van der Waals surface area contributed by atoms with E-state index in [0.717, 1.165) is 23.3 Å². The summed E-state index contributed by atoms with van der Waals surface area (Å²) in [4.78, 5) is 12.4. The molecule has 4 aliphatic rings. The lowest BCUT2D eigenvalue weighted by atomic mass is 9.53. The van der Waals surface area contributed by atoms with E-state index in [1.807, 2.05) is 6.07 Å². The maximum absolute atomic E-state index is 12.4. The van der Waals surface area contributed by atoms with E-state index in [-0.39, 0.29) is 11.4 Å². The first kappa shape index (κ1) is 21.0. The number of rotatable bonds is 4. The third kappa shape index (κ3) is 4.69. The van der Waals surface area contributed by atoms with Crippen LogP contribution in [-0.2, 0) is 4.79 Å². The molecule has 0 radical (unpaired) electrons. The Morgan fingerprint density at radius 3 is 2.26 bits per heavy atom. The SMILES string of the molecule is O=C(/C=C/c1ccc(-c2cc(Cl)cc(Cl)c2)o1)NC(=S)NC12CC3CC(CC(C3)C1)C2. The van der Waals surface area contributed by atoms with Crippen molar-refractivity contribution in [3.05, 3.63) is 52.2 Å². The number of benzene rings is 1. The van der Waals surface area contributed by atoms with Crippen molar-refractivity contribution in [3.8, 4) is 11.3 Å². The molecule has 2 aromatic rings. The molecule has 4 saturated carbocycles. The molecule has 1 heterocycles. The zero-order valence-electron chi connectivity index (χ0n) is 17.0. The molecule has 0 spiro atoms. The number of furan rings is 1. The summed E-state index contributed by atoms with van der Waals surface area (Å²) in [5.74, 6) is 3.37. The molecule has 1 amide bonds. The van der Waals surface area contributed by atoms with Crippen molar-refractivity contribution >= 4 is 52.5 Å². The molecule has 0 atom stereocenters. The minimum atomic E-state index is -0.272. The fourth-order valence-electron chi connectivity index (χ4n) is 6.14. The predicted molar refractivity (Wildman–Crippen MR) is 128 cm³/mol. The van der Waals surface area contributed by atoms with Crippen LogP contribution in [0.2, 0.25) is 10.0 Å². The molecule has 2 N–H and O–H groups in total. The van der Waals surface area contributed by atoms with Gasteiger partial charge in [0.1, 0.15) is 11.5 Å². The van der Waals surface area contributed by atoms with E-state index >= 15 is 0 Å². The van der Waals surface area contributed by atoms with E-state index in [0.29, 0.717) is 26.7 Å². The zero-order chi connectivity index (χ0) is 21.6. The van der Waals surface area contributed by atoms with Gasteiger partial charge in [-0.2, -0.15) is 0 Å². The van der Waals surface area contributed by atoms with Crippen molar-refractivity contribution in [2.75, 3.05) is 0 Å².